The number of esters is 2. The molecule has 0 radical (unpaired) electrons. The first-order chi connectivity index (χ1) is 14.5. The predicted octanol–water partition coefficient (Wildman–Crippen LogP) is 3.96. The monoisotopic (exact) mass is 452 g/mol. The van der Waals surface area contributed by atoms with Crippen molar-refractivity contribution >= 4 is 40.6 Å². The first kappa shape index (κ1) is 22.4. The first-order valence-electron chi connectivity index (χ1n) is 9.80. The summed E-state index contributed by atoms with van der Waals surface area (Å²) in [6.07, 6.45) is 2.12. The topological polar surface area (TPSA) is 85.9 Å². The van der Waals surface area contributed by atoms with E-state index in [0.717, 1.165) is 37.2 Å². The molecule has 1 fully saturated rings. The zero-order valence-corrected chi connectivity index (χ0v) is 18.5. The minimum Gasteiger partial charge on any atom is -0.479 e. The maximum absolute atomic E-state index is 12.2. The normalized spacial score (nSPS) is 14.2. The average molecular weight is 453 g/mol. The van der Waals surface area contributed by atoms with E-state index in [2.05, 4.69) is 10.6 Å². The Morgan fingerprint density at radius 1 is 1.30 bits per heavy atom. The van der Waals surface area contributed by atoms with Crippen LogP contribution in [-0.4, -0.2) is 51.4 Å². The Hall–Kier alpha value is -2.29. The number of hydrogen-bond acceptors (Lipinski definition) is 8. The van der Waals surface area contributed by atoms with Gasteiger partial charge >= 0.3 is 11.9 Å². The van der Waals surface area contributed by atoms with Crippen molar-refractivity contribution in [3.63, 3.8) is 0 Å². The summed E-state index contributed by atoms with van der Waals surface area (Å²) in [7, 11) is 1.29. The summed E-state index contributed by atoms with van der Waals surface area (Å²) in [4.78, 5) is 24.8. The molecule has 0 unspecified atom stereocenters. The molecule has 0 spiro atoms. The number of carbonyl (C=O) groups is 2. The minimum atomic E-state index is -0.573. The van der Waals surface area contributed by atoms with Crippen molar-refractivity contribution in [3.8, 4) is 16.2 Å². The summed E-state index contributed by atoms with van der Waals surface area (Å²) in [6, 6.07) is 8.27. The number of hydrogen-bond donors (Lipinski definition) is 2. The van der Waals surface area contributed by atoms with E-state index >= 15 is 0 Å². The van der Waals surface area contributed by atoms with E-state index < -0.39 is 11.9 Å². The van der Waals surface area contributed by atoms with Gasteiger partial charge in [0.1, 0.15) is 5.02 Å². The van der Waals surface area contributed by atoms with Crippen LogP contribution in [0.25, 0.3) is 10.4 Å². The number of rotatable bonds is 8. The van der Waals surface area contributed by atoms with Crippen LogP contribution in [0.5, 0.6) is 5.75 Å². The highest BCUT2D eigenvalue weighted by Crippen LogP contribution is 2.46. The molecule has 0 saturated carbocycles. The Balaban J connectivity index is 1.86. The lowest BCUT2D eigenvalue weighted by atomic mass is 10.1. The number of ether oxygens (including phenoxy) is 3. The SMILES string of the molecule is CCOC(=O)COc1c(C(=O)OC)sc(-c2cccc(NC3CCNCC3)c2)c1Cl. The molecule has 0 atom stereocenters. The molecular formula is C21H25ClN2O5S. The summed E-state index contributed by atoms with van der Waals surface area (Å²) >= 11 is 7.74. The van der Waals surface area contributed by atoms with Crippen LogP contribution in [0.4, 0.5) is 5.69 Å². The molecular weight excluding hydrogens is 428 g/mol. The van der Waals surface area contributed by atoms with Gasteiger partial charge in [-0.05, 0) is 50.6 Å². The lowest BCUT2D eigenvalue weighted by molar-refractivity contribution is -0.145. The predicted molar refractivity (Wildman–Crippen MR) is 118 cm³/mol. The first-order valence-corrected chi connectivity index (χ1v) is 11.0. The lowest BCUT2D eigenvalue weighted by Crippen LogP contribution is -2.35. The van der Waals surface area contributed by atoms with Gasteiger partial charge in [-0.2, -0.15) is 0 Å². The molecule has 9 heteroatoms. The molecule has 2 heterocycles. The van der Waals surface area contributed by atoms with E-state index in [0.29, 0.717) is 10.9 Å². The van der Waals surface area contributed by atoms with Gasteiger partial charge in [0.25, 0.3) is 0 Å². The largest absolute Gasteiger partial charge is 0.479 e. The van der Waals surface area contributed by atoms with Crippen molar-refractivity contribution in [2.24, 2.45) is 0 Å². The third-order valence-corrected chi connectivity index (χ3v) is 6.33. The van der Waals surface area contributed by atoms with Crippen molar-refractivity contribution < 1.29 is 23.8 Å². The Morgan fingerprint density at radius 2 is 2.07 bits per heavy atom. The molecule has 1 aliphatic rings. The third kappa shape index (κ3) is 5.44. The van der Waals surface area contributed by atoms with Crippen LogP contribution in [0.3, 0.4) is 0 Å². The zero-order chi connectivity index (χ0) is 21.5. The van der Waals surface area contributed by atoms with Crippen molar-refractivity contribution in [2.75, 3.05) is 38.7 Å². The van der Waals surface area contributed by atoms with Crippen LogP contribution in [-0.2, 0) is 14.3 Å². The summed E-state index contributed by atoms with van der Waals surface area (Å²) in [5.41, 5.74) is 1.83. The number of carbonyl (C=O) groups excluding carboxylic acids is 2. The van der Waals surface area contributed by atoms with Crippen LogP contribution in [0.15, 0.2) is 24.3 Å². The molecule has 1 aromatic heterocycles. The van der Waals surface area contributed by atoms with Gasteiger partial charge in [0.05, 0.1) is 18.6 Å². The van der Waals surface area contributed by atoms with Gasteiger partial charge in [0, 0.05) is 11.7 Å². The van der Waals surface area contributed by atoms with Gasteiger partial charge in [0.2, 0.25) is 0 Å². The van der Waals surface area contributed by atoms with Crippen molar-refractivity contribution in [1.29, 1.82) is 0 Å². The number of halogens is 1. The maximum atomic E-state index is 12.2. The second kappa shape index (κ2) is 10.7. The number of methoxy groups -OCH3 is 1. The van der Waals surface area contributed by atoms with E-state index in [9.17, 15) is 9.59 Å². The number of piperidine rings is 1. The van der Waals surface area contributed by atoms with Gasteiger partial charge in [-0.25, -0.2) is 9.59 Å². The Kier molecular flexibility index (Phi) is 7.95. The molecule has 1 aromatic carbocycles. The molecule has 7 nitrogen and oxygen atoms in total. The average Bonchev–Trinajstić information content (AvgIpc) is 3.09. The van der Waals surface area contributed by atoms with E-state index in [-0.39, 0.29) is 28.9 Å². The second-order valence-electron chi connectivity index (χ2n) is 6.74. The molecule has 1 aliphatic heterocycles. The Bertz CT molecular complexity index is 896. The van der Waals surface area contributed by atoms with Crippen LogP contribution in [0, 0.1) is 0 Å². The van der Waals surface area contributed by atoms with E-state index in [1.54, 1.807) is 6.92 Å². The Labute approximate surface area is 184 Å². The van der Waals surface area contributed by atoms with Gasteiger partial charge in [0.15, 0.2) is 17.2 Å². The molecule has 0 aliphatic carbocycles. The highest BCUT2D eigenvalue weighted by Gasteiger charge is 2.26. The fourth-order valence-electron chi connectivity index (χ4n) is 3.22. The molecule has 0 amide bonds. The molecule has 0 bridgehead atoms. The van der Waals surface area contributed by atoms with Crippen molar-refractivity contribution in [1.82, 2.24) is 5.32 Å². The fraction of sp³-hybridized carbons (Fsp3) is 0.429. The summed E-state index contributed by atoms with van der Waals surface area (Å²) in [5, 5.41) is 7.18. The molecule has 3 rings (SSSR count). The van der Waals surface area contributed by atoms with Crippen LogP contribution < -0.4 is 15.4 Å². The van der Waals surface area contributed by atoms with Crippen LogP contribution >= 0.6 is 22.9 Å². The molecule has 2 N–H and O–H groups in total. The minimum absolute atomic E-state index is 0.133. The maximum Gasteiger partial charge on any atom is 0.351 e. The fourth-order valence-corrected chi connectivity index (χ4v) is 4.71. The standard InChI is InChI=1S/C21H25ClN2O5S/c1-3-28-16(25)12-29-18-17(22)19(30-20(18)21(26)27-2)13-5-4-6-15(11-13)24-14-7-9-23-10-8-14/h4-6,11,14,23-24H,3,7-10,12H2,1-2H3. The highest BCUT2D eigenvalue weighted by molar-refractivity contribution is 7.18. The molecule has 1 saturated heterocycles. The van der Waals surface area contributed by atoms with E-state index in [1.807, 2.05) is 24.3 Å². The molecule has 30 heavy (non-hydrogen) atoms. The Morgan fingerprint density at radius 3 is 2.77 bits per heavy atom. The van der Waals surface area contributed by atoms with Crippen LogP contribution in [0.2, 0.25) is 5.02 Å². The summed E-state index contributed by atoms with van der Waals surface area (Å²) in [5.74, 6) is -0.977. The molecule has 162 valence electrons. The number of anilines is 1. The van der Waals surface area contributed by atoms with E-state index in [4.69, 9.17) is 25.8 Å². The summed E-state index contributed by atoms with van der Waals surface area (Å²) in [6.45, 7) is 3.60. The van der Waals surface area contributed by atoms with Gasteiger partial charge in [-0.3, -0.25) is 0 Å². The smallest absolute Gasteiger partial charge is 0.351 e. The summed E-state index contributed by atoms with van der Waals surface area (Å²) < 4.78 is 15.3. The number of thiophene rings is 1. The zero-order valence-electron chi connectivity index (χ0n) is 17.0. The van der Waals surface area contributed by atoms with Crippen LogP contribution in [0.1, 0.15) is 29.4 Å². The number of benzene rings is 1. The second-order valence-corrected chi connectivity index (χ2v) is 8.14. The van der Waals surface area contributed by atoms with Gasteiger partial charge in [-0.1, -0.05) is 23.7 Å². The van der Waals surface area contributed by atoms with Crippen molar-refractivity contribution in [2.45, 2.75) is 25.8 Å². The number of nitrogens with one attached hydrogen (secondary N) is 2. The molecule has 2 aromatic rings. The van der Waals surface area contributed by atoms with Gasteiger partial charge in [-0.15, -0.1) is 11.3 Å². The quantitative estimate of drug-likeness (QED) is 0.586. The van der Waals surface area contributed by atoms with E-state index in [1.165, 1.54) is 18.4 Å². The van der Waals surface area contributed by atoms with Crippen molar-refractivity contribution in [3.05, 3.63) is 34.2 Å². The van der Waals surface area contributed by atoms with Gasteiger partial charge < -0.3 is 24.8 Å². The lowest BCUT2D eigenvalue weighted by Gasteiger charge is -2.24. The highest BCUT2D eigenvalue weighted by atomic mass is 35.5. The third-order valence-electron chi connectivity index (χ3n) is 4.65.